The summed E-state index contributed by atoms with van der Waals surface area (Å²) >= 11 is 0. The maximum absolute atomic E-state index is 5.80. The summed E-state index contributed by atoms with van der Waals surface area (Å²) in [6, 6.07) is 6.21. The minimum absolute atomic E-state index is 0.560. The Hall–Kier alpha value is -1.39. The van der Waals surface area contributed by atoms with Crippen molar-refractivity contribution in [2.75, 3.05) is 19.6 Å². The number of hydrogen-bond acceptors (Lipinski definition) is 3. The molecular weight excluding hydrogens is 224 g/mol. The lowest BCUT2D eigenvalue weighted by atomic mass is 10.3. The molecule has 0 bridgehead atoms. The van der Waals surface area contributed by atoms with E-state index in [9.17, 15) is 0 Å². The molecule has 1 aliphatic heterocycles. The van der Waals surface area contributed by atoms with Crippen molar-refractivity contribution in [2.24, 2.45) is 5.73 Å². The Morgan fingerprint density at radius 2 is 2.06 bits per heavy atom. The zero-order valence-electron chi connectivity index (χ0n) is 10.7. The van der Waals surface area contributed by atoms with Gasteiger partial charge in [-0.2, -0.15) is 0 Å². The Balaban J connectivity index is 1.82. The highest BCUT2D eigenvalue weighted by atomic mass is 15.1. The van der Waals surface area contributed by atoms with Gasteiger partial charge in [-0.3, -0.25) is 4.40 Å². The van der Waals surface area contributed by atoms with E-state index in [4.69, 9.17) is 5.73 Å². The fraction of sp³-hybridized carbons (Fsp3) is 0.500. The molecule has 1 aliphatic rings. The first-order valence-electron chi connectivity index (χ1n) is 6.75. The van der Waals surface area contributed by atoms with Gasteiger partial charge in [-0.05, 0) is 38.1 Å². The monoisotopic (exact) mass is 244 g/mol. The highest BCUT2D eigenvalue weighted by molar-refractivity contribution is 5.47. The lowest BCUT2D eigenvalue weighted by molar-refractivity contribution is 0.340. The van der Waals surface area contributed by atoms with E-state index in [1.807, 2.05) is 12.3 Å². The van der Waals surface area contributed by atoms with Gasteiger partial charge in [0, 0.05) is 25.2 Å². The largest absolute Gasteiger partial charge is 0.325 e. The number of nitrogens with two attached hydrogens (primary N) is 1. The summed E-state index contributed by atoms with van der Waals surface area (Å²) in [5.41, 5.74) is 8.09. The van der Waals surface area contributed by atoms with E-state index >= 15 is 0 Å². The predicted molar refractivity (Wildman–Crippen MR) is 72.5 cm³/mol. The van der Waals surface area contributed by atoms with Crippen molar-refractivity contribution >= 4 is 5.52 Å². The fourth-order valence-corrected chi connectivity index (χ4v) is 2.79. The van der Waals surface area contributed by atoms with Crippen molar-refractivity contribution in [1.82, 2.24) is 14.3 Å². The number of nitrogens with zero attached hydrogens (tertiary/aromatic N) is 3. The van der Waals surface area contributed by atoms with E-state index in [1.54, 1.807) is 0 Å². The first-order chi connectivity index (χ1) is 8.88. The molecule has 3 rings (SSSR count). The third-order valence-corrected chi connectivity index (χ3v) is 3.76. The van der Waals surface area contributed by atoms with Gasteiger partial charge < -0.3 is 10.6 Å². The van der Waals surface area contributed by atoms with E-state index in [0.29, 0.717) is 6.54 Å². The van der Waals surface area contributed by atoms with Crippen LogP contribution in [0.2, 0.25) is 0 Å². The topological polar surface area (TPSA) is 46.6 Å². The molecule has 2 N–H and O–H groups in total. The number of fused-ring (bicyclic) bond motifs is 1. The third-order valence-electron chi connectivity index (χ3n) is 3.76. The summed E-state index contributed by atoms with van der Waals surface area (Å²) in [4.78, 5) is 7.07. The van der Waals surface area contributed by atoms with Crippen LogP contribution in [-0.4, -0.2) is 33.9 Å². The molecule has 96 valence electrons. The normalized spacial score (nSPS) is 16.7. The van der Waals surface area contributed by atoms with Crippen LogP contribution in [0.5, 0.6) is 0 Å². The molecule has 0 saturated carbocycles. The molecule has 0 spiro atoms. The molecule has 0 amide bonds. The summed E-state index contributed by atoms with van der Waals surface area (Å²) in [5.74, 6) is 1.14. The van der Waals surface area contributed by atoms with Crippen LogP contribution in [-0.2, 0) is 13.0 Å². The Morgan fingerprint density at radius 3 is 2.83 bits per heavy atom. The Labute approximate surface area is 107 Å². The van der Waals surface area contributed by atoms with Crippen LogP contribution in [0.15, 0.2) is 24.4 Å². The van der Waals surface area contributed by atoms with Gasteiger partial charge in [-0.25, -0.2) is 4.98 Å². The molecule has 4 heteroatoms. The van der Waals surface area contributed by atoms with Gasteiger partial charge in [-0.1, -0.05) is 6.07 Å². The highest BCUT2D eigenvalue weighted by Gasteiger charge is 2.13. The quantitative estimate of drug-likeness (QED) is 0.885. The van der Waals surface area contributed by atoms with Gasteiger partial charge in [0.05, 0.1) is 11.7 Å². The summed E-state index contributed by atoms with van der Waals surface area (Å²) in [5, 5.41) is 0. The minimum Gasteiger partial charge on any atom is -0.325 e. The standard InChI is InChI=1S/C14H20N4/c15-10-12-4-3-5-13-11-16-14(18(12)13)6-9-17-7-1-2-8-17/h3-5,11H,1-2,6-10,15H2. The molecule has 2 aromatic heterocycles. The number of hydrogen-bond donors (Lipinski definition) is 1. The lowest BCUT2D eigenvalue weighted by Gasteiger charge is -2.14. The first-order valence-corrected chi connectivity index (χ1v) is 6.75. The molecule has 18 heavy (non-hydrogen) atoms. The van der Waals surface area contributed by atoms with Gasteiger partial charge in [0.1, 0.15) is 5.82 Å². The van der Waals surface area contributed by atoms with Crippen molar-refractivity contribution in [1.29, 1.82) is 0 Å². The minimum atomic E-state index is 0.560. The van der Waals surface area contributed by atoms with Crippen LogP contribution in [0.1, 0.15) is 24.4 Å². The third kappa shape index (κ3) is 2.13. The summed E-state index contributed by atoms with van der Waals surface area (Å²) in [7, 11) is 0. The van der Waals surface area contributed by atoms with Crippen LogP contribution in [0.3, 0.4) is 0 Å². The van der Waals surface area contributed by atoms with Gasteiger partial charge in [-0.15, -0.1) is 0 Å². The SMILES string of the molecule is NCc1cccc2cnc(CCN3CCCC3)n12. The predicted octanol–water partition coefficient (Wildman–Crippen LogP) is 1.43. The van der Waals surface area contributed by atoms with Crippen LogP contribution >= 0.6 is 0 Å². The highest BCUT2D eigenvalue weighted by Crippen LogP contribution is 2.13. The lowest BCUT2D eigenvalue weighted by Crippen LogP contribution is -2.23. The molecule has 0 unspecified atom stereocenters. The molecule has 0 atom stereocenters. The molecule has 1 saturated heterocycles. The van der Waals surface area contributed by atoms with Gasteiger partial charge in [0.2, 0.25) is 0 Å². The zero-order valence-corrected chi connectivity index (χ0v) is 10.7. The first kappa shape index (κ1) is 11.7. The van der Waals surface area contributed by atoms with Gasteiger partial charge >= 0.3 is 0 Å². The second-order valence-electron chi connectivity index (χ2n) is 4.95. The van der Waals surface area contributed by atoms with Crippen LogP contribution in [0.25, 0.3) is 5.52 Å². The number of imidazole rings is 1. The van der Waals surface area contributed by atoms with Crippen LogP contribution in [0, 0.1) is 0 Å². The zero-order chi connectivity index (χ0) is 12.4. The van der Waals surface area contributed by atoms with Crippen molar-refractivity contribution in [3.8, 4) is 0 Å². The van der Waals surface area contributed by atoms with E-state index in [1.165, 1.54) is 25.9 Å². The van der Waals surface area contributed by atoms with Crippen molar-refractivity contribution < 1.29 is 0 Å². The number of pyridine rings is 1. The molecular formula is C14H20N4. The van der Waals surface area contributed by atoms with E-state index in [2.05, 4.69) is 26.4 Å². The second-order valence-corrected chi connectivity index (χ2v) is 4.95. The fourth-order valence-electron chi connectivity index (χ4n) is 2.79. The molecule has 4 nitrogen and oxygen atoms in total. The summed E-state index contributed by atoms with van der Waals surface area (Å²) in [6.07, 6.45) is 5.64. The maximum Gasteiger partial charge on any atom is 0.114 e. The Morgan fingerprint density at radius 1 is 1.22 bits per heavy atom. The molecule has 3 heterocycles. The van der Waals surface area contributed by atoms with Crippen LogP contribution < -0.4 is 5.73 Å². The molecule has 1 fully saturated rings. The molecule has 0 aromatic carbocycles. The van der Waals surface area contributed by atoms with Gasteiger partial charge in [0.25, 0.3) is 0 Å². The summed E-state index contributed by atoms with van der Waals surface area (Å²) < 4.78 is 2.20. The smallest absolute Gasteiger partial charge is 0.114 e. The number of likely N-dealkylation sites (tertiary alicyclic amines) is 1. The van der Waals surface area contributed by atoms with Crippen LogP contribution in [0.4, 0.5) is 0 Å². The van der Waals surface area contributed by atoms with Crippen molar-refractivity contribution in [3.05, 3.63) is 35.9 Å². The molecule has 2 aromatic rings. The molecule has 0 radical (unpaired) electrons. The summed E-state index contributed by atoms with van der Waals surface area (Å²) in [6.45, 7) is 4.16. The average molecular weight is 244 g/mol. The average Bonchev–Trinajstić information content (AvgIpc) is 3.05. The Kier molecular flexibility index (Phi) is 3.30. The van der Waals surface area contributed by atoms with E-state index < -0.39 is 0 Å². The van der Waals surface area contributed by atoms with Gasteiger partial charge in [0.15, 0.2) is 0 Å². The maximum atomic E-state index is 5.80. The van der Waals surface area contributed by atoms with Crippen molar-refractivity contribution in [3.63, 3.8) is 0 Å². The second kappa shape index (κ2) is 5.08. The molecule has 0 aliphatic carbocycles. The number of rotatable bonds is 4. The van der Waals surface area contributed by atoms with E-state index in [-0.39, 0.29) is 0 Å². The van der Waals surface area contributed by atoms with Crippen molar-refractivity contribution in [2.45, 2.75) is 25.8 Å². The number of aromatic nitrogens is 2. The Bertz CT molecular complexity index is 526. The van der Waals surface area contributed by atoms with E-state index in [0.717, 1.165) is 30.0 Å².